The summed E-state index contributed by atoms with van der Waals surface area (Å²) in [7, 11) is 2.22. The second-order valence-corrected chi connectivity index (χ2v) is 3.87. The number of hydrogen-bond acceptors (Lipinski definition) is 2. The highest BCUT2D eigenvalue weighted by Crippen LogP contribution is 2.02. The molecule has 0 heterocycles. The van der Waals surface area contributed by atoms with Gasteiger partial charge in [0.1, 0.15) is 0 Å². The summed E-state index contributed by atoms with van der Waals surface area (Å²) in [5.41, 5.74) is 0. The Bertz CT molecular complexity index is 104. The first-order valence-electron chi connectivity index (χ1n) is 5.63. The van der Waals surface area contributed by atoms with Gasteiger partial charge in [-0.1, -0.05) is 20.3 Å². The molecule has 13 heavy (non-hydrogen) atoms. The van der Waals surface area contributed by atoms with Crippen LogP contribution in [0.15, 0.2) is 0 Å². The molecule has 0 saturated carbocycles. The van der Waals surface area contributed by atoms with Crippen LogP contribution in [0.5, 0.6) is 0 Å². The molecule has 1 atom stereocenters. The van der Waals surface area contributed by atoms with Gasteiger partial charge in [0.05, 0.1) is 0 Å². The molecule has 0 bridgehead atoms. The highest BCUT2D eigenvalue weighted by atomic mass is 15.1. The molecular formula is C11H26N2. The lowest BCUT2D eigenvalue weighted by atomic mass is 10.2. The first kappa shape index (κ1) is 12.9. The van der Waals surface area contributed by atoms with Crippen LogP contribution in [0.4, 0.5) is 0 Å². The molecular weight excluding hydrogens is 160 g/mol. The van der Waals surface area contributed by atoms with E-state index in [9.17, 15) is 0 Å². The third kappa shape index (κ3) is 7.03. The molecule has 2 nitrogen and oxygen atoms in total. The first-order chi connectivity index (χ1) is 6.22. The lowest BCUT2D eigenvalue weighted by Gasteiger charge is -2.24. The Labute approximate surface area is 83.7 Å². The molecule has 0 aliphatic heterocycles. The van der Waals surface area contributed by atoms with E-state index in [1.54, 1.807) is 0 Å². The van der Waals surface area contributed by atoms with Crippen LogP contribution in [0.3, 0.4) is 0 Å². The molecule has 1 unspecified atom stereocenters. The molecule has 0 rings (SSSR count). The van der Waals surface area contributed by atoms with Gasteiger partial charge < -0.3 is 10.2 Å². The van der Waals surface area contributed by atoms with Crippen LogP contribution < -0.4 is 5.32 Å². The molecule has 0 radical (unpaired) electrons. The molecule has 0 aromatic carbocycles. The van der Waals surface area contributed by atoms with Crippen LogP contribution in [-0.4, -0.2) is 37.6 Å². The number of nitrogens with one attached hydrogen (secondary N) is 1. The summed E-state index contributed by atoms with van der Waals surface area (Å²) < 4.78 is 0. The summed E-state index contributed by atoms with van der Waals surface area (Å²) in [6, 6.07) is 0.730. The van der Waals surface area contributed by atoms with Crippen molar-refractivity contribution >= 4 is 0 Å². The highest BCUT2D eigenvalue weighted by Gasteiger charge is 2.06. The van der Waals surface area contributed by atoms with E-state index in [4.69, 9.17) is 0 Å². The van der Waals surface area contributed by atoms with Crippen molar-refractivity contribution in [2.45, 2.75) is 46.1 Å². The number of rotatable bonds is 8. The largest absolute Gasteiger partial charge is 0.315 e. The zero-order valence-electron chi connectivity index (χ0n) is 9.77. The lowest BCUT2D eigenvalue weighted by molar-refractivity contribution is 0.245. The van der Waals surface area contributed by atoms with Crippen LogP contribution in [-0.2, 0) is 0 Å². The summed E-state index contributed by atoms with van der Waals surface area (Å²) in [5.74, 6) is 0. The second-order valence-electron chi connectivity index (χ2n) is 3.87. The van der Waals surface area contributed by atoms with Crippen molar-refractivity contribution in [3.63, 3.8) is 0 Å². The van der Waals surface area contributed by atoms with Gasteiger partial charge in [0.15, 0.2) is 0 Å². The van der Waals surface area contributed by atoms with Crippen molar-refractivity contribution in [1.29, 1.82) is 0 Å². The van der Waals surface area contributed by atoms with E-state index >= 15 is 0 Å². The van der Waals surface area contributed by atoms with Crippen molar-refractivity contribution in [1.82, 2.24) is 10.2 Å². The van der Waals surface area contributed by atoms with E-state index in [0.717, 1.165) is 19.1 Å². The van der Waals surface area contributed by atoms with Gasteiger partial charge in [-0.05, 0) is 33.4 Å². The minimum absolute atomic E-state index is 0.730. The fraction of sp³-hybridized carbons (Fsp3) is 1.00. The molecule has 0 aromatic heterocycles. The number of likely N-dealkylation sites (N-methyl/N-ethyl adjacent to an activating group) is 1. The van der Waals surface area contributed by atoms with E-state index < -0.39 is 0 Å². The van der Waals surface area contributed by atoms with E-state index in [1.165, 1.54) is 25.8 Å². The Morgan fingerprint density at radius 3 is 2.38 bits per heavy atom. The van der Waals surface area contributed by atoms with E-state index in [-0.39, 0.29) is 0 Å². The molecule has 1 N–H and O–H groups in total. The Hall–Kier alpha value is -0.0800. The minimum Gasteiger partial charge on any atom is -0.315 e. The van der Waals surface area contributed by atoms with Crippen molar-refractivity contribution in [3.05, 3.63) is 0 Å². The van der Waals surface area contributed by atoms with E-state index in [0.29, 0.717) is 0 Å². The molecule has 0 aliphatic carbocycles. The molecule has 80 valence electrons. The van der Waals surface area contributed by atoms with Gasteiger partial charge >= 0.3 is 0 Å². The monoisotopic (exact) mass is 186 g/mol. The van der Waals surface area contributed by atoms with Crippen LogP contribution >= 0.6 is 0 Å². The van der Waals surface area contributed by atoms with Crippen molar-refractivity contribution < 1.29 is 0 Å². The molecule has 0 spiro atoms. The van der Waals surface area contributed by atoms with Gasteiger partial charge in [-0.3, -0.25) is 0 Å². The van der Waals surface area contributed by atoms with E-state index in [1.807, 2.05) is 0 Å². The fourth-order valence-corrected chi connectivity index (χ4v) is 1.42. The third-order valence-corrected chi connectivity index (χ3v) is 2.53. The quantitative estimate of drug-likeness (QED) is 0.584. The number of hydrogen-bond donors (Lipinski definition) is 1. The maximum atomic E-state index is 3.42. The van der Waals surface area contributed by atoms with Crippen molar-refractivity contribution in [2.75, 3.05) is 26.7 Å². The van der Waals surface area contributed by atoms with Crippen LogP contribution in [0, 0.1) is 0 Å². The Morgan fingerprint density at radius 1 is 1.15 bits per heavy atom. The predicted octanol–water partition coefficient (Wildman–Crippen LogP) is 2.11. The molecule has 0 saturated heterocycles. The minimum atomic E-state index is 0.730. The van der Waals surface area contributed by atoms with Gasteiger partial charge in [-0.15, -0.1) is 0 Å². The maximum Gasteiger partial charge on any atom is 0.0107 e. The lowest BCUT2D eigenvalue weighted by Crippen LogP contribution is -2.35. The summed E-state index contributed by atoms with van der Waals surface area (Å²) in [5, 5.41) is 3.42. The average molecular weight is 186 g/mol. The van der Waals surface area contributed by atoms with Crippen LogP contribution in [0.1, 0.15) is 40.0 Å². The first-order valence-corrected chi connectivity index (χ1v) is 5.63. The zero-order valence-corrected chi connectivity index (χ0v) is 9.77. The molecule has 0 fully saturated rings. The smallest absolute Gasteiger partial charge is 0.0107 e. The summed E-state index contributed by atoms with van der Waals surface area (Å²) in [6.07, 6.45) is 3.83. The number of nitrogens with zero attached hydrogens (tertiary/aromatic N) is 1. The molecule has 2 heteroatoms. The van der Waals surface area contributed by atoms with Gasteiger partial charge in [0.2, 0.25) is 0 Å². The van der Waals surface area contributed by atoms with Crippen LogP contribution in [0.25, 0.3) is 0 Å². The fourth-order valence-electron chi connectivity index (χ4n) is 1.42. The summed E-state index contributed by atoms with van der Waals surface area (Å²) >= 11 is 0. The third-order valence-electron chi connectivity index (χ3n) is 2.53. The van der Waals surface area contributed by atoms with Crippen molar-refractivity contribution in [2.24, 2.45) is 0 Å². The average Bonchev–Trinajstić information content (AvgIpc) is 2.12. The van der Waals surface area contributed by atoms with Crippen LogP contribution in [0.2, 0.25) is 0 Å². The van der Waals surface area contributed by atoms with Gasteiger partial charge in [0, 0.05) is 19.1 Å². The normalized spacial score (nSPS) is 13.6. The highest BCUT2D eigenvalue weighted by molar-refractivity contribution is 4.63. The SMILES string of the molecule is CCCNCCN(C)C(C)CCC. The Kier molecular flexibility index (Phi) is 8.46. The Morgan fingerprint density at radius 2 is 1.85 bits per heavy atom. The summed E-state index contributed by atoms with van der Waals surface area (Å²) in [6.45, 7) is 10.2. The maximum absolute atomic E-state index is 3.42. The topological polar surface area (TPSA) is 15.3 Å². The molecule has 0 amide bonds. The van der Waals surface area contributed by atoms with Gasteiger partial charge in [-0.25, -0.2) is 0 Å². The molecule has 0 aromatic rings. The van der Waals surface area contributed by atoms with E-state index in [2.05, 4.69) is 38.0 Å². The Balaban J connectivity index is 3.32. The molecule has 0 aliphatic rings. The van der Waals surface area contributed by atoms with Gasteiger partial charge in [0.25, 0.3) is 0 Å². The zero-order chi connectivity index (χ0) is 10.1. The predicted molar refractivity (Wildman–Crippen MR) is 60.2 cm³/mol. The van der Waals surface area contributed by atoms with Gasteiger partial charge in [-0.2, -0.15) is 0 Å². The standard InChI is InChI=1S/C11H26N2/c1-5-7-11(3)13(4)10-9-12-8-6-2/h11-12H,5-10H2,1-4H3. The second kappa shape index (κ2) is 8.52. The summed E-state index contributed by atoms with van der Waals surface area (Å²) in [4.78, 5) is 2.44. The van der Waals surface area contributed by atoms with Crippen molar-refractivity contribution in [3.8, 4) is 0 Å².